The number of aliphatic hydroxyl groups is 4. The number of Topliss-reactive ketones (excluding diaryl/α,β-unsaturated/α-hetero) is 2. The number of carbonyl (C=O) groups is 3. The van der Waals surface area contributed by atoms with E-state index in [1.54, 1.807) is 14.1 Å². The Morgan fingerprint density at radius 3 is 2.33 bits per heavy atom. The molecule has 43 heavy (non-hydrogen) atoms. The normalized spacial score (nSPS) is 36.7. The average Bonchev–Trinajstić information content (AvgIpc) is 2.94. The SMILES string of the molecule is CCCCC(c1ccc2c(c1O)C(O)=C1C(=O)[C@@]3(O)C(=O)C(C(N)=O)C(O)[C@H](N(C)C)[C@H]3[C@H](O)[C@H]1C2)C1CCC(C)CC1. The van der Waals surface area contributed by atoms with Crippen LogP contribution in [0, 0.1) is 29.6 Å². The monoisotopic (exact) mass is 598 g/mol. The molecule has 1 amide bonds. The number of aromatic hydroxyl groups is 1. The summed E-state index contributed by atoms with van der Waals surface area (Å²) in [6, 6.07) is 2.55. The highest BCUT2D eigenvalue weighted by Gasteiger charge is 2.70. The van der Waals surface area contributed by atoms with Gasteiger partial charge in [0.25, 0.3) is 0 Å². The van der Waals surface area contributed by atoms with Gasteiger partial charge >= 0.3 is 0 Å². The fourth-order valence-electron chi connectivity index (χ4n) is 8.66. The van der Waals surface area contributed by atoms with Crippen LogP contribution in [0.15, 0.2) is 17.7 Å². The Morgan fingerprint density at radius 2 is 1.74 bits per heavy atom. The van der Waals surface area contributed by atoms with Crippen LogP contribution >= 0.6 is 0 Å². The van der Waals surface area contributed by atoms with Crippen LogP contribution in [-0.2, 0) is 20.8 Å². The third-order valence-corrected chi connectivity index (χ3v) is 11.0. The Labute approximate surface area is 252 Å². The van der Waals surface area contributed by atoms with E-state index in [2.05, 4.69) is 13.8 Å². The molecule has 0 bridgehead atoms. The minimum Gasteiger partial charge on any atom is -0.507 e. The molecular weight excluding hydrogens is 552 g/mol. The van der Waals surface area contributed by atoms with Crippen molar-refractivity contribution in [3.63, 3.8) is 0 Å². The summed E-state index contributed by atoms with van der Waals surface area (Å²) < 4.78 is 0. The third kappa shape index (κ3) is 4.81. The first-order valence-electron chi connectivity index (χ1n) is 15.7. The summed E-state index contributed by atoms with van der Waals surface area (Å²) in [4.78, 5) is 41.5. The minimum atomic E-state index is -2.92. The zero-order valence-corrected chi connectivity index (χ0v) is 25.5. The Morgan fingerprint density at radius 1 is 1.09 bits per heavy atom. The third-order valence-electron chi connectivity index (χ3n) is 11.0. The van der Waals surface area contributed by atoms with Crippen LogP contribution in [0.3, 0.4) is 0 Å². The van der Waals surface area contributed by atoms with Crippen LogP contribution in [0.4, 0.5) is 0 Å². The zero-order valence-electron chi connectivity index (χ0n) is 25.5. The average molecular weight is 599 g/mol. The van der Waals surface area contributed by atoms with Gasteiger partial charge in [-0.25, -0.2) is 0 Å². The maximum Gasteiger partial charge on any atom is 0.230 e. The number of likely N-dealkylation sites (N-methyl/N-ethyl adjacent to an activating group) is 1. The molecule has 8 atom stereocenters. The quantitative estimate of drug-likeness (QED) is 0.256. The number of aliphatic hydroxyl groups excluding tert-OH is 3. The summed E-state index contributed by atoms with van der Waals surface area (Å²) in [5, 5.41) is 57.9. The number of primary amides is 1. The standard InChI is InChI=1S/C33H46N2O8/c1-5-6-7-18(16-10-8-15(2)9-11-16)19-13-12-17-14-20-22(28(38)21(17)26(19)36)30(40)33(43)24(27(20)37)25(35(3)4)29(39)23(31(33)41)32(34)42/h12-13,15-16,18,20,23-25,27,29,36-39,43H,5-11,14H2,1-4H3,(H2,34,42)/t15?,16?,18?,20-,23?,24-,25+,27+,29?,33+/m0/s1. The van der Waals surface area contributed by atoms with Gasteiger partial charge in [0.15, 0.2) is 11.4 Å². The van der Waals surface area contributed by atoms with Gasteiger partial charge in [-0.15, -0.1) is 0 Å². The van der Waals surface area contributed by atoms with Crippen LogP contribution in [-0.4, -0.2) is 85.9 Å². The largest absolute Gasteiger partial charge is 0.507 e. The summed E-state index contributed by atoms with van der Waals surface area (Å²) in [5.74, 6) is -7.64. The smallest absolute Gasteiger partial charge is 0.230 e. The van der Waals surface area contributed by atoms with E-state index in [1.165, 1.54) is 4.90 Å². The molecule has 0 saturated heterocycles. The number of amides is 1. The highest BCUT2D eigenvalue weighted by atomic mass is 16.3. The summed E-state index contributed by atoms with van der Waals surface area (Å²) in [7, 11) is 3.08. The van der Waals surface area contributed by atoms with E-state index in [-0.39, 0.29) is 29.2 Å². The molecule has 0 aliphatic heterocycles. The lowest BCUT2D eigenvalue weighted by atomic mass is 9.53. The number of hydrogen-bond donors (Lipinski definition) is 6. The lowest BCUT2D eigenvalue weighted by Crippen LogP contribution is -2.76. The lowest BCUT2D eigenvalue weighted by Gasteiger charge is -2.55. The minimum absolute atomic E-state index is 0.0618. The number of fused-ring (bicyclic) bond motifs is 3. The summed E-state index contributed by atoms with van der Waals surface area (Å²) in [6.45, 7) is 4.38. The number of unbranched alkanes of at least 4 members (excludes halogenated alkanes) is 1. The van der Waals surface area contributed by atoms with E-state index in [0.717, 1.165) is 44.9 Å². The van der Waals surface area contributed by atoms with Gasteiger partial charge in [-0.1, -0.05) is 51.7 Å². The Kier molecular flexibility index (Phi) is 8.54. The van der Waals surface area contributed by atoms with Gasteiger partial charge in [-0.2, -0.15) is 0 Å². The van der Waals surface area contributed by atoms with E-state index in [0.29, 0.717) is 23.0 Å². The van der Waals surface area contributed by atoms with Gasteiger partial charge in [0, 0.05) is 23.5 Å². The van der Waals surface area contributed by atoms with Crippen molar-refractivity contribution in [3.8, 4) is 5.75 Å². The predicted molar refractivity (Wildman–Crippen MR) is 159 cm³/mol. The summed E-state index contributed by atoms with van der Waals surface area (Å²) in [5.41, 5.74) is 3.50. The van der Waals surface area contributed by atoms with Crippen LogP contribution in [0.2, 0.25) is 0 Å². The molecular formula is C33H46N2O8. The van der Waals surface area contributed by atoms with Crippen LogP contribution in [0.5, 0.6) is 5.75 Å². The first-order valence-corrected chi connectivity index (χ1v) is 15.7. The second-order valence-corrected chi connectivity index (χ2v) is 13.7. The molecule has 5 rings (SSSR count). The number of rotatable bonds is 7. The van der Waals surface area contributed by atoms with Gasteiger partial charge in [0.1, 0.15) is 17.4 Å². The highest BCUT2D eigenvalue weighted by molar-refractivity contribution is 6.25. The van der Waals surface area contributed by atoms with Gasteiger partial charge < -0.3 is 36.2 Å². The zero-order chi connectivity index (χ0) is 31.5. The van der Waals surface area contributed by atoms with Crippen LogP contribution < -0.4 is 5.73 Å². The molecule has 10 nitrogen and oxygen atoms in total. The van der Waals surface area contributed by atoms with Gasteiger partial charge in [0.05, 0.1) is 17.8 Å². The summed E-state index contributed by atoms with van der Waals surface area (Å²) >= 11 is 0. The van der Waals surface area contributed by atoms with Crippen LogP contribution in [0.1, 0.15) is 81.4 Å². The molecule has 0 heterocycles. The maximum absolute atomic E-state index is 14.2. The number of carbonyl (C=O) groups excluding carboxylic acids is 3. The fourth-order valence-corrected chi connectivity index (χ4v) is 8.66. The van der Waals surface area contributed by atoms with E-state index >= 15 is 0 Å². The number of hydrogen-bond acceptors (Lipinski definition) is 9. The second kappa shape index (κ2) is 11.6. The van der Waals surface area contributed by atoms with E-state index < -0.39 is 64.8 Å². The molecule has 4 aliphatic rings. The maximum atomic E-state index is 14.2. The number of phenols is 1. The van der Waals surface area contributed by atoms with Crippen molar-refractivity contribution >= 4 is 23.2 Å². The number of nitrogens with zero attached hydrogens (tertiary/aromatic N) is 1. The molecule has 236 valence electrons. The lowest BCUT2D eigenvalue weighted by molar-refractivity contribution is -0.198. The van der Waals surface area contributed by atoms with E-state index in [1.807, 2.05) is 12.1 Å². The van der Waals surface area contributed by atoms with Crippen molar-refractivity contribution in [1.29, 1.82) is 0 Å². The predicted octanol–water partition coefficient (Wildman–Crippen LogP) is 2.20. The topological polar surface area (TPSA) is 182 Å². The number of benzene rings is 1. The molecule has 10 heteroatoms. The number of ketones is 2. The Balaban J connectivity index is 1.63. The molecule has 4 aliphatic carbocycles. The molecule has 3 saturated carbocycles. The molecule has 1 aromatic rings. The number of nitrogens with two attached hydrogens (primary N) is 1. The van der Waals surface area contributed by atoms with Gasteiger partial charge in [-0.05, 0) is 68.7 Å². The molecule has 3 fully saturated rings. The van der Waals surface area contributed by atoms with Gasteiger partial charge in [-0.3, -0.25) is 14.4 Å². The molecule has 1 aromatic carbocycles. The fraction of sp³-hybridized carbons (Fsp3) is 0.667. The van der Waals surface area contributed by atoms with Crippen LogP contribution in [0.25, 0.3) is 5.76 Å². The first-order chi connectivity index (χ1) is 20.3. The van der Waals surface area contributed by atoms with Crippen molar-refractivity contribution < 1.29 is 39.9 Å². The van der Waals surface area contributed by atoms with E-state index in [4.69, 9.17) is 5.73 Å². The highest BCUT2D eigenvalue weighted by Crippen LogP contribution is 2.54. The molecule has 3 unspecified atom stereocenters. The van der Waals surface area contributed by atoms with Crippen molar-refractivity contribution in [2.24, 2.45) is 35.3 Å². The second-order valence-electron chi connectivity index (χ2n) is 13.7. The molecule has 0 spiro atoms. The van der Waals surface area contributed by atoms with Gasteiger partial charge in [0.2, 0.25) is 11.7 Å². The summed E-state index contributed by atoms with van der Waals surface area (Å²) in [6.07, 6.45) is 4.01. The Bertz CT molecular complexity index is 1330. The van der Waals surface area contributed by atoms with Crippen molar-refractivity contribution in [2.75, 3.05) is 14.1 Å². The van der Waals surface area contributed by atoms with E-state index in [9.17, 15) is 39.9 Å². The van der Waals surface area contributed by atoms with Crippen molar-refractivity contribution in [1.82, 2.24) is 4.90 Å². The molecule has 0 radical (unpaired) electrons. The van der Waals surface area contributed by atoms with Crippen molar-refractivity contribution in [3.05, 3.63) is 34.4 Å². The molecule has 7 N–H and O–H groups in total. The number of phenolic OH excluding ortho intramolecular Hbond substituents is 1. The Hall–Kier alpha value is -2.79. The first kappa shape index (κ1) is 31.6. The molecule has 0 aromatic heterocycles. The van der Waals surface area contributed by atoms with Crippen molar-refractivity contribution in [2.45, 2.75) is 95.0 Å².